The molecule has 0 unspecified atom stereocenters. The zero-order chi connectivity index (χ0) is 14.2. The summed E-state index contributed by atoms with van der Waals surface area (Å²) < 4.78 is 5.84. The highest BCUT2D eigenvalue weighted by atomic mass is 16.5. The fourth-order valence-electron chi connectivity index (χ4n) is 3.84. The van der Waals surface area contributed by atoms with Gasteiger partial charge < -0.3 is 20.7 Å². The van der Waals surface area contributed by atoms with Crippen molar-refractivity contribution in [1.29, 1.82) is 0 Å². The summed E-state index contributed by atoms with van der Waals surface area (Å²) >= 11 is 0. The monoisotopic (exact) mass is 289 g/mol. The van der Waals surface area contributed by atoms with Crippen LogP contribution in [-0.2, 0) is 4.74 Å². The molecule has 0 amide bonds. The van der Waals surface area contributed by atoms with E-state index in [4.69, 9.17) is 10.5 Å². The average molecular weight is 289 g/mol. The molecule has 1 aromatic rings. The molecule has 1 aromatic heterocycles. The Morgan fingerprint density at radius 2 is 2.10 bits per heavy atom. The van der Waals surface area contributed by atoms with Gasteiger partial charge >= 0.3 is 0 Å². The van der Waals surface area contributed by atoms with Crippen molar-refractivity contribution in [3.8, 4) is 0 Å². The summed E-state index contributed by atoms with van der Waals surface area (Å²) in [6, 6.07) is 2.55. The molecule has 1 saturated carbocycles. The molecule has 0 bridgehead atoms. The molecule has 2 atom stereocenters. The lowest BCUT2D eigenvalue weighted by atomic mass is 10.0. The number of aromatic nitrogens is 2. The molecule has 2 aliphatic heterocycles. The largest absolute Gasteiger partial charge is 0.373 e. The van der Waals surface area contributed by atoms with Gasteiger partial charge in [-0.3, -0.25) is 0 Å². The summed E-state index contributed by atoms with van der Waals surface area (Å²) in [5, 5.41) is 3.52. The Bertz CT molecular complexity index is 503. The van der Waals surface area contributed by atoms with E-state index in [1.807, 2.05) is 0 Å². The summed E-state index contributed by atoms with van der Waals surface area (Å²) in [6.07, 6.45) is 5.33. The molecule has 0 aromatic carbocycles. The first-order chi connectivity index (χ1) is 10.3. The lowest BCUT2D eigenvalue weighted by Gasteiger charge is -2.25. The van der Waals surface area contributed by atoms with Crippen molar-refractivity contribution in [1.82, 2.24) is 15.3 Å². The van der Waals surface area contributed by atoms with E-state index in [0.29, 0.717) is 17.9 Å². The first kappa shape index (κ1) is 13.3. The zero-order valence-corrected chi connectivity index (χ0v) is 12.3. The lowest BCUT2D eigenvalue weighted by molar-refractivity contribution is 0.0212. The van der Waals surface area contributed by atoms with Crippen LogP contribution in [0.2, 0.25) is 0 Å². The smallest absolute Gasteiger partial charge is 0.222 e. The Kier molecular flexibility index (Phi) is 3.43. The van der Waals surface area contributed by atoms with Crippen LogP contribution in [0.3, 0.4) is 0 Å². The van der Waals surface area contributed by atoms with Gasteiger partial charge in [-0.05, 0) is 12.8 Å². The van der Waals surface area contributed by atoms with E-state index < -0.39 is 0 Å². The molecule has 6 nitrogen and oxygen atoms in total. The molecule has 0 radical (unpaired) electrons. The summed E-state index contributed by atoms with van der Waals surface area (Å²) in [5.41, 5.74) is 7.07. The molecule has 1 aliphatic carbocycles. The molecule has 3 N–H and O–H groups in total. The fourth-order valence-corrected chi connectivity index (χ4v) is 3.84. The minimum atomic E-state index is 0.268. The lowest BCUT2D eigenvalue weighted by Crippen LogP contribution is -2.47. The van der Waals surface area contributed by atoms with Crippen LogP contribution in [0.5, 0.6) is 0 Å². The van der Waals surface area contributed by atoms with Crippen molar-refractivity contribution >= 4 is 11.8 Å². The summed E-state index contributed by atoms with van der Waals surface area (Å²) in [6.45, 7) is 3.56. The average Bonchev–Trinajstić information content (AvgIpc) is 3.16. The highest BCUT2D eigenvalue weighted by Crippen LogP contribution is 2.35. The second kappa shape index (κ2) is 5.42. The molecule has 3 fully saturated rings. The topological polar surface area (TPSA) is 76.3 Å². The predicted molar refractivity (Wildman–Crippen MR) is 81.4 cm³/mol. The van der Waals surface area contributed by atoms with E-state index in [1.54, 1.807) is 0 Å². The number of fused-ring (bicyclic) bond motifs is 1. The molecule has 3 heterocycles. The van der Waals surface area contributed by atoms with Crippen LogP contribution in [0.15, 0.2) is 6.07 Å². The summed E-state index contributed by atoms with van der Waals surface area (Å²) in [5.74, 6) is 1.93. The number of rotatable bonds is 2. The van der Waals surface area contributed by atoms with Crippen molar-refractivity contribution in [2.75, 3.05) is 36.9 Å². The maximum atomic E-state index is 5.95. The standard InChI is InChI=1S/C15H23N5O/c16-15-18-11(10-3-1-2-4-10)7-14(19-15)20-8-12-13(9-20)21-6-5-17-12/h7,10,12-13,17H,1-6,8-9H2,(H2,16,18,19)/t12-,13+/m0/s1. The Morgan fingerprint density at radius 3 is 2.90 bits per heavy atom. The molecule has 3 aliphatic rings. The number of nitrogens with two attached hydrogens (primary N) is 1. The third kappa shape index (κ3) is 2.58. The second-order valence-corrected chi connectivity index (χ2v) is 6.37. The molecule has 0 spiro atoms. The van der Waals surface area contributed by atoms with E-state index in [-0.39, 0.29) is 6.10 Å². The van der Waals surface area contributed by atoms with Crippen LogP contribution in [0.4, 0.5) is 11.8 Å². The number of ether oxygens (including phenoxy) is 1. The van der Waals surface area contributed by atoms with Crippen LogP contribution in [-0.4, -0.2) is 48.4 Å². The first-order valence-corrected chi connectivity index (χ1v) is 8.04. The van der Waals surface area contributed by atoms with Gasteiger partial charge in [0.05, 0.1) is 24.4 Å². The first-order valence-electron chi connectivity index (χ1n) is 8.04. The number of nitrogens with zero attached hydrogens (tertiary/aromatic N) is 3. The van der Waals surface area contributed by atoms with Crippen LogP contribution >= 0.6 is 0 Å². The Balaban J connectivity index is 1.57. The number of hydrogen-bond acceptors (Lipinski definition) is 6. The third-order valence-electron chi connectivity index (χ3n) is 4.95. The second-order valence-electron chi connectivity index (χ2n) is 6.37. The molecular formula is C15H23N5O. The molecule has 2 saturated heterocycles. The van der Waals surface area contributed by atoms with E-state index in [2.05, 4.69) is 26.3 Å². The number of nitrogens with one attached hydrogen (secondary N) is 1. The van der Waals surface area contributed by atoms with Gasteiger partial charge in [0.25, 0.3) is 0 Å². The SMILES string of the molecule is Nc1nc(C2CCCC2)cc(N2C[C@@H]3NCCO[C@@H]3C2)n1. The van der Waals surface area contributed by atoms with E-state index in [0.717, 1.165) is 37.8 Å². The van der Waals surface area contributed by atoms with Crippen molar-refractivity contribution in [3.05, 3.63) is 11.8 Å². The van der Waals surface area contributed by atoms with Crippen LogP contribution < -0.4 is 16.0 Å². The van der Waals surface area contributed by atoms with Gasteiger partial charge in [0, 0.05) is 31.6 Å². The molecule has 6 heteroatoms. The van der Waals surface area contributed by atoms with Gasteiger partial charge in [0.15, 0.2) is 0 Å². The van der Waals surface area contributed by atoms with Gasteiger partial charge in [0.1, 0.15) is 5.82 Å². The normalized spacial score (nSPS) is 29.8. The van der Waals surface area contributed by atoms with Crippen molar-refractivity contribution in [3.63, 3.8) is 0 Å². The highest BCUT2D eigenvalue weighted by molar-refractivity contribution is 5.46. The van der Waals surface area contributed by atoms with Crippen molar-refractivity contribution in [2.45, 2.75) is 43.7 Å². The maximum Gasteiger partial charge on any atom is 0.222 e. The van der Waals surface area contributed by atoms with Gasteiger partial charge in [-0.1, -0.05) is 12.8 Å². The van der Waals surface area contributed by atoms with E-state index in [9.17, 15) is 0 Å². The van der Waals surface area contributed by atoms with Crippen molar-refractivity contribution < 1.29 is 4.74 Å². The highest BCUT2D eigenvalue weighted by Gasteiger charge is 2.36. The van der Waals surface area contributed by atoms with Gasteiger partial charge in [-0.2, -0.15) is 4.98 Å². The van der Waals surface area contributed by atoms with Crippen LogP contribution in [0.1, 0.15) is 37.3 Å². The zero-order valence-electron chi connectivity index (χ0n) is 12.3. The Morgan fingerprint density at radius 1 is 1.24 bits per heavy atom. The Labute approximate surface area is 125 Å². The van der Waals surface area contributed by atoms with Crippen LogP contribution in [0.25, 0.3) is 0 Å². The van der Waals surface area contributed by atoms with Gasteiger partial charge in [-0.25, -0.2) is 4.98 Å². The Hall–Kier alpha value is -1.40. The molecular weight excluding hydrogens is 266 g/mol. The quantitative estimate of drug-likeness (QED) is 0.842. The van der Waals surface area contributed by atoms with E-state index >= 15 is 0 Å². The minimum absolute atomic E-state index is 0.268. The number of hydrogen-bond donors (Lipinski definition) is 2. The maximum absolute atomic E-state index is 5.95. The van der Waals surface area contributed by atoms with E-state index in [1.165, 1.54) is 25.7 Å². The third-order valence-corrected chi connectivity index (χ3v) is 4.95. The fraction of sp³-hybridized carbons (Fsp3) is 0.733. The van der Waals surface area contributed by atoms with Gasteiger partial charge in [0.2, 0.25) is 5.95 Å². The molecule has 114 valence electrons. The minimum Gasteiger partial charge on any atom is -0.373 e. The number of morpholine rings is 1. The summed E-state index contributed by atoms with van der Waals surface area (Å²) in [7, 11) is 0. The van der Waals surface area contributed by atoms with Gasteiger partial charge in [-0.15, -0.1) is 0 Å². The van der Waals surface area contributed by atoms with Crippen molar-refractivity contribution in [2.24, 2.45) is 0 Å². The summed E-state index contributed by atoms with van der Waals surface area (Å²) in [4.78, 5) is 11.2. The molecule has 21 heavy (non-hydrogen) atoms. The number of nitrogen functional groups attached to an aromatic ring is 1. The molecule has 4 rings (SSSR count). The predicted octanol–water partition coefficient (Wildman–Crippen LogP) is 0.893. The number of anilines is 2. The van der Waals surface area contributed by atoms with Crippen LogP contribution in [0, 0.1) is 0 Å².